The molecule has 2 rings (SSSR count). The lowest BCUT2D eigenvalue weighted by Gasteiger charge is -2.24. The number of nitrogens with one attached hydrogen (secondary N) is 1. The molecule has 2 N–H and O–H groups in total. The van der Waals surface area contributed by atoms with E-state index in [9.17, 15) is 5.11 Å². The first kappa shape index (κ1) is 21.2. The quantitative estimate of drug-likeness (QED) is 0.631. The lowest BCUT2D eigenvalue weighted by atomic mass is 10.2. The molecule has 6 nitrogen and oxygen atoms in total. The molecule has 6 heteroatoms. The largest absolute Gasteiger partial charge is 0.493 e. The third-order valence-electron chi connectivity index (χ3n) is 4.42. The minimum Gasteiger partial charge on any atom is -0.493 e. The maximum Gasteiger partial charge on any atom is 0.161 e. The molecule has 0 radical (unpaired) electrons. The minimum absolute atomic E-state index is 0.228. The Labute approximate surface area is 162 Å². The van der Waals surface area contributed by atoms with Gasteiger partial charge >= 0.3 is 0 Å². The average Bonchev–Trinajstić information content (AvgIpc) is 2.67. The van der Waals surface area contributed by atoms with Crippen LogP contribution in [0.15, 0.2) is 42.7 Å². The number of methoxy groups -OCH3 is 1. The summed E-state index contributed by atoms with van der Waals surface area (Å²) in [6, 6.07) is 10.2. The van der Waals surface area contributed by atoms with Gasteiger partial charge in [0.1, 0.15) is 12.7 Å². The van der Waals surface area contributed by atoms with Crippen LogP contribution in [0.2, 0.25) is 0 Å². The van der Waals surface area contributed by atoms with Gasteiger partial charge in [0.05, 0.1) is 7.11 Å². The van der Waals surface area contributed by atoms with Crippen molar-refractivity contribution in [2.75, 3.05) is 27.3 Å². The second-order valence-corrected chi connectivity index (χ2v) is 6.95. The van der Waals surface area contributed by atoms with Crippen molar-refractivity contribution < 1.29 is 14.6 Å². The van der Waals surface area contributed by atoms with Crippen molar-refractivity contribution in [2.45, 2.75) is 39.1 Å². The lowest BCUT2D eigenvalue weighted by molar-refractivity contribution is 0.0668. The van der Waals surface area contributed by atoms with Gasteiger partial charge in [0, 0.05) is 38.1 Å². The molecule has 0 bridgehead atoms. The predicted molar refractivity (Wildman–Crippen MR) is 107 cm³/mol. The van der Waals surface area contributed by atoms with Gasteiger partial charge in [-0.2, -0.15) is 0 Å². The first-order valence-corrected chi connectivity index (χ1v) is 9.27. The second-order valence-electron chi connectivity index (χ2n) is 6.95. The van der Waals surface area contributed by atoms with E-state index >= 15 is 0 Å². The molecule has 1 aromatic carbocycles. The normalized spacial score (nSPS) is 12.4. The lowest BCUT2D eigenvalue weighted by Crippen LogP contribution is -2.36. The van der Waals surface area contributed by atoms with Gasteiger partial charge in [-0.15, -0.1) is 0 Å². The molecule has 148 valence electrons. The summed E-state index contributed by atoms with van der Waals surface area (Å²) in [6.45, 7) is 6.45. The molecule has 27 heavy (non-hydrogen) atoms. The van der Waals surface area contributed by atoms with Crippen molar-refractivity contribution in [1.29, 1.82) is 0 Å². The van der Waals surface area contributed by atoms with Gasteiger partial charge in [-0.3, -0.25) is 4.98 Å². The van der Waals surface area contributed by atoms with Gasteiger partial charge in [0.15, 0.2) is 11.5 Å². The summed E-state index contributed by atoms with van der Waals surface area (Å²) < 4.78 is 11.2. The zero-order chi connectivity index (χ0) is 19.6. The van der Waals surface area contributed by atoms with Crippen molar-refractivity contribution in [3.63, 3.8) is 0 Å². The highest BCUT2D eigenvalue weighted by atomic mass is 16.5. The molecule has 1 heterocycles. The number of aliphatic hydroxyl groups is 1. The molecule has 0 amide bonds. The molecule has 1 unspecified atom stereocenters. The summed E-state index contributed by atoms with van der Waals surface area (Å²) in [5, 5.41) is 13.5. The van der Waals surface area contributed by atoms with Crippen LogP contribution in [0.1, 0.15) is 25.0 Å². The molecule has 0 aliphatic carbocycles. The van der Waals surface area contributed by atoms with Crippen molar-refractivity contribution in [2.24, 2.45) is 0 Å². The summed E-state index contributed by atoms with van der Waals surface area (Å²) in [6.07, 6.45) is 3.07. The maximum atomic E-state index is 10.1. The number of aromatic nitrogens is 1. The highest BCUT2D eigenvalue weighted by Crippen LogP contribution is 2.28. The Bertz CT molecular complexity index is 680. The molecular weight excluding hydrogens is 342 g/mol. The Kier molecular flexibility index (Phi) is 8.51. The first-order valence-electron chi connectivity index (χ1n) is 9.27. The number of pyridine rings is 1. The number of hydrogen-bond donors (Lipinski definition) is 2. The summed E-state index contributed by atoms with van der Waals surface area (Å²) in [4.78, 5) is 6.20. The number of rotatable bonds is 11. The monoisotopic (exact) mass is 373 g/mol. The van der Waals surface area contributed by atoms with E-state index in [2.05, 4.69) is 29.0 Å². The van der Waals surface area contributed by atoms with Crippen LogP contribution >= 0.6 is 0 Å². The Morgan fingerprint density at radius 1 is 1.15 bits per heavy atom. The SMILES string of the molecule is COc1cc(CNCc2cccnc2)ccc1OCC(O)CN(C)C(C)C. The molecule has 1 aromatic heterocycles. The highest BCUT2D eigenvalue weighted by molar-refractivity contribution is 5.43. The summed E-state index contributed by atoms with van der Waals surface area (Å²) in [7, 11) is 3.61. The minimum atomic E-state index is -0.553. The zero-order valence-corrected chi connectivity index (χ0v) is 16.7. The molecule has 0 fully saturated rings. The number of hydrogen-bond acceptors (Lipinski definition) is 6. The Balaban J connectivity index is 1.85. The smallest absolute Gasteiger partial charge is 0.161 e. The molecule has 0 saturated carbocycles. The van der Waals surface area contributed by atoms with E-state index in [1.807, 2.05) is 43.6 Å². The van der Waals surface area contributed by atoms with E-state index in [-0.39, 0.29) is 6.61 Å². The fourth-order valence-electron chi connectivity index (χ4n) is 2.58. The number of benzene rings is 1. The van der Waals surface area contributed by atoms with Crippen LogP contribution in [0.5, 0.6) is 11.5 Å². The van der Waals surface area contributed by atoms with Gasteiger partial charge in [0.25, 0.3) is 0 Å². The summed E-state index contributed by atoms with van der Waals surface area (Å²) in [5.41, 5.74) is 2.24. The molecule has 1 atom stereocenters. The number of ether oxygens (including phenoxy) is 2. The highest BCUT2D eigenvalue weighted by Gasteiger charge is 2.13. The van der Waals surface area contributed by atoms with Gasteiger partial charge in [-0.05, 0) is 50.2 Å². The summed E-state index contributed by atoms with van der Waals surface area (Å²) >= 11 is 0. The summed E-state index contributed by atoms with van der Waals surface area (Å²) in [5.74, 6) is 1.31. The van der Waals surface area contributed by atoms with E-state index in [1.165, 1.54) is 0 Å². The van der Waals surface area contributed by atoms with Gasteiger partial charge in [0.2, 0.25) is 0 Å². The third-order valence-corrected chi connectivity index (χ3v) is 4.42. The van der Waals surface area contributed by atoms with E-state index in [0.29, 0.717) is 30.6 Å². The van der Waals surface area contributed by atoms with E-state index < -0.39 is 6.10 Å². The van der Waals surface area contributed by atoms with Gasteiger partial charge in [-0.1, -0.05) is 12.1 Å². The fraction of sp³-hybridized carbons (Fsp3) is 0.476. The van der Waals surface area contributed by atoms with Crippen LogP contribution in [0.4, 0.5) is 0 Å². The van der Waals surface area contributed by atoms with Gasteiger partial charge < -0.3 is 24.8 Å². The van der Waals surface area contributed by atoms with Crippen molar-refractivity contribution in [3.05, 3.63) is 53.9 Å². The zero-order valence-electron chi connectivity index (χ0n) is 16.7. The van der Waals surface area contributed by atoms with Gasteiger partial charge in [-0.25, -0.2) is 0 Å². The second kappa shape index (κ2) is 10.9. The molecule has 0 aliphatic rings. The fourth-order valence-corrected chi connectivity index (χ4v) is 2.58. The van der Waals surface area contributed by atoms with Crippen molar-refractivity contribution in [1.82, 2.24) is 15.2 Å². The number of nitrogens with zero attached hydrogens (tertiary/aromatic N) is 2. The van der Waals surface area contributed by atoms with Crippen molar-refractivity contribution >= 4 is 0 Å². The topological polar surface area (TPSA) is 66.8 Å². The van der Waals surface area contributed by atoms with E-state index in [4.69, 9.17) is 9.47 Å². The standard InChI is InChI=1S/C21H31N3O3/c1-16(2)24(3)14-19(25)15-27-20-8-7-17(10-21(20)26-4)11-23-13-18-6-5-9-22-12-18/h5-10,12,16,19,23,25H,11,13-15H2,1-4H3. The van der Waals surface area contributed by atoms with E-state index in [0.717, 1.165) is 17.7 Å². The van der Waals surface area contributed by atoms with Crippen LogP contribution < -0.4 is 14.8 Å². The van der Waals surface area contributed by atoms with Crippen LogP contribution in [-0.2, 0) is 13.1 Å². The van der Waals surface area contributed by atoms with Crippen LogP contribution in [0.3, 0.4) is 0 Å². The van der Waals surface area contributed by atoms with Crippen molar-refractivity contribution in [3.8, 4) is 11.5 Å². The first-order chi connectivity index (χ1) is 13.0. The number of likely N-dealkylation sites (N-methyl/N-ethyl adjacent to an activating group) is 1. The molecule has 2 aromatic rings. The van der Waals surface area contributed by atoms with Crippen LogP contribution in [-0.4, -0.2) is 54.4 Å². The Morgan fingerprint density at radius 3 is 2.59 bits per heavy atom. The van der Waals surface area contributed by atoms with Crippen LogP contribution in [0, 0.1) is 0 Å². The maximum absolute atomic E-state index is 10.1. The predicted octanol–water partition coefficient (Wildman–Crippen LogP) is 2.46. The average molecular weight is 373 g/mol. The molecule has 0 spiro atoms. The van der Waals surface area contributed by atoms with Crippen LogP contribution in [0.25, 0.3) is 0 Å². The third kappa shape index (κ3) is 7.17. The Morgan fingerprint density at radius 2 is 1.93 bits per heavy atom. The molecular formula is C21H31N3O3. The number of aliphatic hydroxyl groups excluding tert-OH is 1. The Hall–Kier alpha value is -2.15. The van der Waals surface area contributed by atoms with E-state index in [1.54, 1.807) is 13.3 Å². The molecule has 0 aliphatic heterocycles. The molecule has 0 saturated heterocycles.